The van der Waals surface area contributed by atoms with E-state index in [1.165, 1.54) is 11.3 Å². The Kier molecular flexibility index (Phi) is 2.08. The van der Waals surface area contributed by atoms with Crippen molar-refractivity contribution >= 4 is 7.98 Å². The van der Waals surface area contributed by atoms with Crippen LogP contribution in [0.4, 0.5) is 0 Å². The molecule has 0 atom stereocenters. The summed E-state index contributed by atoms with van der Waals surface area (Å²) in [4.78, 5) is 11.2. The number of rotatable bonds is 0. The predicted molar refractivity (Wildman–Crippen MR) is 54.2 cm³/mol. The Morgan fingerprint density at radius 2 is 2.08 bits per heavy atom. The number of hydrogen-bond acceptors (Lipinski definition) is 3. The lowest BCUT2D eigenvalue weighted by Crippen LogP contribution is -2.29. The largest absolute Gasteiger partial charge is 0.343 e. The van der Waals surface area contributed by atoms with Crippen molar-refractivity contribution in [1.29, 1.82) is 0 Å². The second kappa shape index (κ2) is 3.11. The first-order valence-electron chi connectivity index (χ1n) is 4.68. The van der Waals surface area contributed by atoms with Crippen LogP contribution in [0.5, 0.6) is 0 Å². The van der Waals surface area contributed by atoms with Gasteiger partial charge >= 0.3 is 0 Å². The van der Waals surface area contributed by atoms with Gasteiger partial charge in [-0.3, -0.25) is 0 Å². The van der Waals surface area contributed by atoms with Crippen molar-refractivity contribution in [3.05, 3.63) is 22.8 Å². The summed E-state index contributed by atoms with van der Waals surface area (Å²) in [6, 6.07) is 0. The number of nitrogens with zero attached hydrogens (tertiary/aromatic N) is 3. The highest BCUT2D eigenvalue weighted by molar-refractivity contribution is 6.04. The Morgan fingerprint density at radius 3 is 2.85 bits per heavy atom. The molecule has 0 radical (unpaired) electrons. The van der Waals surface area contributed by atoms with Crippen LogP contribution >= 0.6 is 0 Å². The van der Waals surface area contributed by atoms with E-state index < -0.39 is 0 Å². The minimum atomic E-state index is 0.895. The second-order valence-electron chi connectivity index (χ2n) is 3.77. The van der Waals surface area contributed by atoms with E-state index in [1.807, 2.05) is 6.92 Å². The van der Waals surface area contributed by atoms with Crippen LogP contribution in [-0.2, 0) is 13.0 Å². The molecule has 0 fully saturated rings. The maximum atomic E-state index is 4.47. The highest BCUT2D eigenvalue weighted by Crippen LogP contribution is 2.17. The lowest BCUT2D eigenvalue weighted by Gasteiger charge is -2.25. The van der Waals surface area contributed by atoms with Gasteiger partial charge in [0.05, 0.1) is 5.69 Å². The Balaban J connectivity index is 2.47. The summed E-state index contributed by atoms with van der Waals surface area (Å²) in [6.45, 7) is 6.14. The molecule has 2 heterocycles. The molecule has 0 amide bonds. The van der Waals surface area contributed by atoms with Gasteiger partial charge < -0.3 is 4.81 Å². The standard InChI is InChI=1S/C9H14BN3/c1-6-8-3-4-13(10)5-9(8)12-7(2)11-6/h3-5,10H2,1-2H3. The van der Waals surface area contributed by atoms with Crippen molar-refractivity contribution in [2.24, 2.45) is 0 Å². The van der Waals surface area contributed by atoms with E-state index in [4.69, 9.17) is 0 Å². The lowest BCUT2D eigenvalue weighted by atomic mass is 10.0. The molecular weight excluding hydrogens is 161 g/mol. The van der Waals surface area contributed by atoms with E-state index in [9.17, 15) is 0 Å². The van der Waals surface area contributed by atoms with Gasteiger partial charge in [-0.1, -0.05) is 0 Å². The van der Waals surface area contributed by atoms with Gasteiger partial charge in [0.25, 0.3) is 0 Å². The van der Waals surface area contributed by atoms with E-state index in [2.05, 4.69) is 29.7 Å². The third-order valence-corrected chi connectivity index (χ3v) is 2.57. The molecule has 0 N–H and O–H groups in total. The molecule has 4 heteroatoms. The van der Waals surface area contributed by atoms with Crippen molar-refractivity contribution in [2.45, 2.75) is 26.8 Å². The molecule has 0 spiro atoms. The quantitative estimate of drug-likeness (QED) is 0.519. The molecule has 0 unspecified atom stereocenters. The molecule has 1 aliphatic heterocycles. The Bertz CT molecular complexity index is 338. The van der Waals surface area contributed by atoms with Crippen LogP contribution in [0.15, 0.2) is 0 Å². The minimum absolute atomic E-state index is 0.895. The van der Waals surface area contributed by atoms with Crippen LogP contribution in [0.1, 0.15) is 22.8 Å². The topological polar surface area (TPSA) is 29.0 Å². The first-order valence-corrected chi connectivity index (χ1v) is 4.68. The van der Waals surface area contributed by atoms with Crippen LogP contribution in [-0.4, -0.2) is 29.3 Å². The van der Waals surface area contributed by atoms with Crippen LogP contribution in [0.2, 0.25) is 0 Å². The fourth-order valence-electron chi connectivity index (χ4n) is 1.90. The van der Waals surface area contributed by atoms with Crippen molar-refractivity contribution in [3.63, 3.8) is 0 Å². The van der Waals surface area contributed by atoms with Crippen LogP contribution in [0.25, 0.3) is 0 Å². The van der Waals surface area contributed by atoms with E-state index in [0.717, 1.165) is 31.0 Å². The average molecular weight is 175 g/mol. The molecule has 0 bridgehead atoms. The van der Waals surface area contributed by atoms with Gasteiger partial charge in [-0.2, -0.15) is 0 Å². The summed E-state index contributed by atoms with van der Waals surface area (Å²) >= 11 is 0. The van der Waals surface area contributed by atoms with Gasteiger partial charge in [-0.25, -0.2) is 9.97 Å². The first-order chi connectivity index (χ1) is 6.16. The summed E-state index contributed by atoms with van der Waals surface area (Å²) < 4.78 is 0. The fraction of sp³-hybridized carbons (Fsp3) is 0.556. The SMILES string of the molecule is BN1CCc2c(C)nc(C)nc2C1. The smallest absolute Gasteiger partial charge is 0.185 e. The molecule has 2 rings (SSSR count). The van der Waals surface area contributed by atoms with E-state index >= 15 is 0 Å². The van der Waals surface area contributed by atoms with Crippen molar-refractivity contribution in [3.8, 4) is 0 Å². The van der Waals surface area contributed by atoms with E-state index in [0.29, 0.717) is 0 Å². The zero-order valence-electron chi connectivity index (χ0n) is 8.46. The monoisotopic (exact) mass is 175 g/mol. The third-order valence-electron chi connectivity index (χ3n) is 2.57. The minimum Gasteiger partial charge on any atom is -0.343 e. The fourth-order valence-corrected chi connectivity index (χ4v) is 1.90. The summed E-state index contributed by atoms with van der Waals surface area (Å²) in [5.74, 6) is 0.895. The van der Waals surface area contributed by atoms with Crippen LogP contribution < -0.4 is 0 Å². The van der Waals surface area contributed by atoms with Crippen molar-refractivity contribution < 1.29 is 0 Å². The van der Waals surface area contributed by atoms with Gasteiger partial charge in [-0.05, 0) is 32.4 Å². The predicted octanol–water partition coefficient (Wildman–Crippen LogP) is -0.000360. The molecule has 68 valence electrons. The zero-order valence-corrected chi connectivity index (χ0v) is 8.46. The van der Waals surface area contributed by atoms with Crippen LogP contribution in [0.3, 0.4) is 0 Å². The first kappa shape index (κ1) is 8.69. The maximum Gasteiger partial charge on any atom is 0.185 e. The van der Waals surface area contributed by atoms with Gasteiger partial charge in [0, 0.05) is 12.2 Å². The second-order valence-corrected chi connectivity index (χ2v) is 3.77. The summed E-state index contributed by atoms with van der Waals surface area (Å²) in [7, 11) is 2.13. The molecule has 0 aromatic carbocycles. The van der Waals surface area contributed by atoms with E-state index in [1.54, 1.807) is 0 Å². The molecule has 1 aromatic rings. The van der Waals surface area contributed by atoms with Gasteiger partial charge in [0.1, 0.15) is 5.82 Å². The van der Waals surface area contributed by atoms with E-state index in [-0.39, 0.29) is 0 Å². The molecule has 13 heavy (non-hydrogen) atoms. The molecule has 0 saturated heterocycles. The van der Waals surface area contributed by atoms with Crippen LogP contribution in [0, 0.1) is 13.8 Å². The molecule has 1 aliphatic rings. The highest BCUT2D eigenvalue weighted by Gasteiger charge is 2.16. The van der Waals surface area contributed by atoms with Gasteiger partial charge in [-0.15, -0.1) is 0 Å². The summed E-state index contributed by atoms with van der Waals surface area (Å²) in [5, 5.41) is 0. The number of aryl methyl sites for hydroxylation is 2. The van der Waals surface area contributed by atoms with Gasteiger partial charge in [0.15, 0.2) is 7.98 Å². The molecular formula is C9H14BN3. The lowest BCUT2D eigenvalue weighted by molar-refractivity contribution is 0.415. The molecule has 3 nitrogen and oxygen atoms in total. The maximum absolute atomic E-state index is 4.47. The molecule has 1 aromatic heterocycles. The Labute approximate surface area is 79.6 Å². The Morgan fingerprint density at radius 1 is 1.31 bits per heavy atom. The van der Waals surface area contributed by atoms with Gasteiger partial charge in [0.2, 0.25) is 0 Å². The van der Waals surface area contributed by atoms with Crippen molar-refractivity contribution in [2.75, 3.05) is 6.54 Å². The average Bonchev–Trinajstić information content (AvgIpc) is 2.02. The third kappa shape index (κ3) is 1.58. The summed E-state index contributed by atoms with van der Waals surface area (Å²) in [6.07, 6.45) is 1.10. The number of aromatic nitrogens is 2. The molecule has 0 saturated carbocycles. The zero-order chi connectivity index (χ0) is 9.42. The normalized spacial score (nSPS) is 17.1. The Hall–Kier alpha value is -0.895. The summed E-state index contributed by atoms with van der Waals surface area (Å²) in [5.41, 5.74) is 3.75. The van der Waals surface area contributed by atoms with Crippen molar-refractivity contribution in [1.82, 2.24) is 14.8 Å². The number of hydrogen-bond donors (Lipinski definition) is 0. The molecule has 0 aliphatic carbocycles. The number of fused-ring (bicyclic) bond motifs is 1. The highest BCUT2D eigenvalue weighted by atomic mass is 15.1.